The van der Waals surface area contributed by atoms with E-state index in [4.69, 9.17) is 0 Å². The molecule has 2 amide bonds. The Labute approximate surface area is 136 Å². The Morgan fingerprint density at radius 1 is 1.30 bits per heavy atom. The minimum Gasteiger partial charge on any atom is -0.356 e. The Hall–Kier alpha value is -2.11. The highest BCUT2D eigenvalue weighted by Gasteiger charge is 2.25. The van der Waals surface area contributed by atoms with E-state index in [1.807, 2.05) is 6.92 Å². The van der Waals surface area contributed by atoms with Gasteiger partial charge in [0.1, 0.15) is 5.56 Å². The zero-order valence-electron chi connectivity index (χ0n) is 13.9. The summed E-state index contributed by atoms with van der Waals surface area (Å²) in [4.78, 5) is 37.7. The summed E-state index contributed by atoms with van der Waals surface area (Å²) in [5, 5.41) is 2.95. The lowest BCUT2D eigenvalue weighted by Gasteiger charge is -2.32. The van der Waals surface area contributed by atoms with Crippen LogP contribution >= 0.6 is 0 Å². The van der Waals surface area contributed by atoms with Crippen molar-refractivity contribution in [3.05, 3.63) is 34.2 Å². The number of amides is 2. The van der Waals surface area contributed by atoms with Gasteiger partial charge in [-0.05, 0) is 37.3 Å². The Bertz CT molecular complexity index is 616. The molecule has 2 rings (SSSR count). The van der Waals surface area contributed by atoms with E-state index >= 15 is 0 Å². The van der Waals surface area contributed by atoms with E-state index < -0.39 is 0 Å². The van der Waals surface area contributed by atoms with Crippen molar-refractivity contribution in [1.82, 2.24) is 14.8 Å². The third-order valence-corrected chi connectivity index (χ3v) is 4.32. The van der Waals surface area contributed by atoms with Crippen molar-refractivity contribution >= 4 is 11.8 Å². The van der Waals surface area contributed by atoms with Crippen LogP contribution in [-0.4, -0.2) is 40.9 Å². The smallest absolute Gasteiger partial charge is 0.263 e. The molecule has 23 heavy (non-hydrogen) atoms. The molecule has 1 aliphatic rings. The number of aryl methyl sites for hydroxylation is 1. The highest BCUT2D eigenvalue weighted by Crippen LogP contribution is 2.17. The quantitative estimate of drug-likeness (QED) is 0.885. The summed E-state index contributed by atoms with van der Waals surface area (Å²) < 4.78 is 1.42. The molecule has 0 saturated carbocycles. The van der Waals surface area contributed by atoms with Crippen LogP contribution < -0.4 is 10.9 Å². The third kappa shape index (κ3) is 4.43. The van der Waals surface area contributed by atoms with Crippen LogP contribution in [0.15, 0.2) is 23.1 Å². The Morgan fingerprint density at radius 2 is 2.00 bits per heavy atom. The van der Waals surface area contributed by atoms with E-state index in [2.05, 4.69) is 5.32 Å². The van der Waals surface area contributed by atoms with Crippen LogP contribution in [0.5, 0.6) is 0 Å². The molecule has 6 nitrogen and oxygen atoms in total. The maximum Gasteiger partial charge on any atom is 0.263 e. The van der Waals surface area contributed by atoms with E-state index in [1.54, 1.807) is 30.3 Å². The first-order valence-electron chi connectivity index (χ1n) is 8.24. The largest absolute Gasteiger partial charge is 0.356 e. The summed E-state index contributed by atoms with van der Waals surface area (Å²) >= 11 is 0. The summed E-state index contributed by atoms with van der Waals surface area (Å²) in [5.41, 5.74) is -0.0313. The molecule has 2 heterocycles. The van der Waals surface area contributed by atoms with E-state index in [1.165, 1.54) is 4.57 Å². The van der Waals surface area contributed by atoms with Crippen molar-refractivity contribution in [3.8, 4) is 0 Å². The van der Waals surface area contributed by atoms with E-state index in [0.29, 0.717) is 32.0 Å². The highest BCUT2D eigenvalue weighted by molar-refractivity contribution is 5.93. The molecule has 1 aliphatic heterocycles. The molecule has 0 spiro atoms. The van der Waals surface area contributed by atoms with Crippen LogP contribution in [0.3, 0.4) is 0 Å². The second-order valence-corrected chi connectivity index (χ2v) is 6.13. The molecule has 0 atom stereocenters. The number of carbonyl (C=O) groups is 2. The van der Waals surface area contributed by atoms with Crippen LogP contribution in [0.25, 0.3) is 0 Å². The number of likely N-dealkylation sites (tertiary alicyclic amines) is 1. The van der Waals surface area contributed by atoms with Crippen molar-refractivity contribution in [1.29, 1.82) is 0 Å². The normalized spacial score (nSPS) is 15.5. The van der Waals surface area contributed by atoms with Crippen molar-refractivity contribution in [2.75, 3.05) is 19.6 Å². The van der Waals surface area contributed by atoms with Gasteiger partial charge in [-0.3, -0.25) is 14.4 Å². The fourth-order valence-electron chi connectivity index (χ4n) is 2.84. The second-order valence-electron chi connectivity index (χ2n) is 6.13. The molecule has 126 valence electrons. The zero-order valence-corrected chi connectivity index (χ0v) is 13.9. The van der Waals surface area contributed by atoms with Crippen LogP contribution in [0.1, 0.15) is 43.0 Å². The summed E-state index contributed by atoms with van der Waals surface area (Å²) in [7, 11) is 1.64. The Balaban J connectivity index is 1.87. The van der Waals surface area contributed by atoms with Crippen molar-refractivity contribution in [2.24, 2.45) is 13.0 Å². The lowest BCUT2D eigenvalue weighted by Crippen LogP contribution is -2.43. The second kappa shape index (κ2) is 7.94. The van der Waals surface area contributed by atoms with Crippen molar-refractivity contribution < 1.29 is 9.59 Å². The van der Waals surface area contributed by atoms with Gasteiger partial charge in [0.05, 0.1) is 0 Å². The lowest BCUT2D eigenvalue weighted by molar-refractivity contribution is -0.121. The summed E-state index contributed by atoms with van der Waals surface area (Å²) in [5.74, 6) is 0.303. The summed E-state index contributed by atoms with van der Waals surface area (Å²) in [6.07, 6.45) is 4.76. The molecule has 1 N–H and O–H groups in total. The third-order valence-electron chi connectivity index (χ3n) is 4.32. The number of hydrogen-bond acceptors (Lipinski definition) is 3. The number of hydrogen-bond donors (Lipinski definition) is 1. The maximum absolute atomic E-state index is 12.5. The molecular formula is C17H25N3O3. The van der Waals surface area contributed by atoms with Crippen molar-refractivity contribution in [3.63, 3.8) is 0 Å². The molecule has 0 unspecified atom stereocenters. The number of aromatic nitrogens is 1. The number of nitrogens with zero attached hydrogens (tertiary/aromatic N) is 2. The molecular weight excluding hydrogens is 294 g/mol. The fraction of sp³-hybridized carbons (Fsp3) is 0.588. The first-order valence-corrected chi connectivity index (χ1v) is 8.24. The standard InChI is InChI=1S/C17H25N3O3/c1-3-5-15(21)18-12-13-7-10-20(11-8-13)17(23)14-6-4-9-19(2)16(14)22/h4,6,9,13H,3,5,7-8,10-12H2,1-2H3,(H,18,21). The van der Waals surface area contributed by atoms with Crippen LogP contribution in [0, 0.1) is 5.92 Å². The predicted octanol–water partition coefficient (Wildman–Crippen LogP) is 1.15. The average molecular weight is 319 g/mol. The number of rotatable bonds is 5. The zero-order chi connectivity index (χ0) is 16.8. The summed E-state index contributed by atoms with van der Waals surface area (Å²) in [6.45, 7) is 3.92. The first kappa shape index (κ1) is 17.2. The van der Waals surface area contributed by atoms with Crippen LogP contribution in [-0.2, 0) is 11.8 Å². The number of carbonyl (C=O) groups excluding carboxylic acids is 2. The maximum atomic E-state index is 12.5. The van der Waals surface area contributed by atoms with Gasteiger partial charge in [-0.2, -0.15) is 0 Å². The van der Waals surface area contributed by atoms with E-state index in [9.17, 15) is 14.4 Å². The SMILES string of the molecule is CCCC(=O)NCC1CCN(C(=O)c2cccn(C)c2=O)CC1. The van der Waals surface area contributed by atoms with E-state index in [-0.39, 0.29) is 22.9 Å². The number of piperidine rings is 1. The number of nitrogens with one attached hydrogen (secondary N) is 1. The van der Waals surface area contributed by atoms with Gasteiger partial charge >= 0.3 is 0 Å². The minimum absolute atomic E-state index is 0.0961. The Morgan fingerprint density at radius 3 is 2.65 bits per heavy atom. The van der Waals surface area contributed by atoms with Gasteiger partial charge in [-0.25, -0.2) is 0 Å². The molecule has 1 aromatic rings. The molecule has 0 bridgehead atoms. The fourth-order valence-corrected chi connectivity index (χ4v) is 2.84. The van der Waals surface area contributed by atoms with Gasteiger partial charge in [-0.1, -0.05) is 6.92 Å². The Kier molecular flexibility index (Phi) is 5.96. The molecule has 6 heteroatoms. The lowest BCUT2D eigenvalue weighted by atomic mass is 9.96. The van der Waals surface area contributed by atoms with Crippen molar-refractivity contribution in [2.45, 2.75) is 32.6 Å². The van der Waals surface area contributed by atoms with Gasteiger partial charge in [0.25, 0.3) is 11.5 Å². The van der Waals surface area contributed by atoms with Crippen LogP contribution in [0.4, 0.5) is 0 Å². The molecule has 0 aromatic carbocycles. The minimum atomic E-state index is -0.258. The van der Waals surface area contributed by atoms with E-state index in [0.717, 1.165) is 19.3 Å². The van der Waals surface area contributed by atoms with Crippen LogP contribution in [0.2, 0.25) is 0 Å². The predicted molar refractivity (Wildman–Crippen MR) is 88.2 cm³/mol. The topological polar surface area (TPSA) is 71.4 Å². The highest BCUT2D eigenvalue weighted by atomic mass is 16.2. The molecule has 1 saturated heterocycles. The number of pyridine rings is 1. The first-order chi connectivity index (χ1) is 11.0. The van der Waals surface area contributed by atoms with Gasteiger partial charge < -0.3 is 14.8 Å². The van der Waals surface area contributed by atoms with Gasteiger partial charge in [0.15, 0.2) is 0 Å². The van der Waals surface area contributed by atoms with Gasteiger partial charge in [-0.15, -0.1) is 0 Å². The van der Waals surface area contributed by atoms with Gasteiger partial charge in [0.2, 0.25) is 5.91 Å². The average Bonchev–Trinajstić information content (AvgIpc) is 2.56. The van der Waals surface area contributed by atoms with Gasteiger partial charge in [0, 0.05) is 39.3 Å². The molecule has 0 radical (unpaired) electrons. The molecule has 1 aromatic heterocycles. The molecule has 0 aliphatic carbocycles. The summed E-state index contributed by atoms with van der Waals surface area (Å²) in [6, 6.07) is 3.30. The molecule has 1 fully saturated rings. The monoisotopic (exact) mass is 319 g/mol.